The Kier molecular flexibility index (Phi) is 5.15. The SMILES string of the molecule is O=C(Nc1ccc(Cl)cc1)N1CCSC1c1cccc(C(F)(F)F)c1. The van der Waals surface area contributed by atoms with Gasteiger partial charge in [-0.1, -0.05) is 23.7 Å². The van der Waals surface area contributed by atoms with Crippen LogP contribution in [0.2, 0.25) is 5.02 Å². The van der Waals surface area contributed by atoms with Gasteiger partial charge in [0.1, 0.15) is 5.37 Å². The van der Waals surface area contributed by atoms with E-state index in [2.05, 4.69) is 5.32 Å². The van der Waals surface area contributed by atoms with Crippen molar-refractivity contribution in [3.63, 3.8) is 0 Å². The van der Waals surface area contributed by atoms with Crippen LogP contribution in [0.1, 0.15) is 16.5 Å². The molecule has 2 amide bonds. The zero-order valence-electron chi connectivity index (χ0n) is 12.9. The lowest BCUT2D eigenvalue weighted by molar-refractivity contribution is -0.137. The Balaban J connectivity index is 1.78. The summed E-state index contributed by atoms with van der Waals surface area (Å²) in [4.78, 5) is 14.0. The molecule has 0 spiro atoms. The molecule has 1 heterocycles. The van der Waals surface area contributed by atoms with E-state index in [1.165, 1.54) is 22.7 Å². The second kappa shape index (κ2) is 7.17. The Bertz CT molecular complexity index is 767. The van der Waals surface area contributed by atoms with Gasteiger partial charge in [0.05, 0.1) is 5.56 Å². The smallest absolute Gasteiger partial charge is 0.308 e. The number of anilines is 1. The van der Waals surface area contributed by atoms with Crippen molar-refractivity contribution in [2.75, 3.05) is 17.6 Å². The first-order valence-electron chi connectivity index (χ1n) is 7.46. The van der Waals surface area contributed by atoms with Gasteiger partial charge in [-0.25, -0.2) is 4.79 Å². The summed E-state index contributed by atoms with van der Waals surface area (Å²) < 4.78 is 38.8. The van der Waals surface area contributed by atoms with Crippen molar-refractivity contribution in [1.29, 1.82) is 0 Å². The molecular formula is C17H14ClF3N2OS. The van der Waals surface area contributed by atoms with Crippen molar-refractivity contribution in [3.05, 3.63) is 64.7 Å². The van der Waals surface area contributed by atoms with Crippen LogP contribution in [0.25, 0.3) is 0 Å². The number of nitrogens with zero attached hydrogens (tertiary/aromatic N) is 1. The predicted molar refractivity (Wildman–Crippen MR) is 93.8 cm³/mol. The number of hydrogen-bond donors (Lipinski definition) is 1. The molecule has 3 rings (SSSR count). The van der Waals surface area contributed by atoms with E-state index in [1.807, 2.05) is 0 Å². The summed E-state index contributed by atoms with van der Waals surface area (Å²) in [7, 11) is 0. The second-order valence-corrected chi connectivity index (χ2v) is 7.10. The predicted octanol–water partition coefficient (Wildman–Crippen LogP) is 5.64. The van der Waals surface area contributed by atoms with Crippen LogP contribution in [0.3, 0.4) is 0 Å². The average Bonchev–Trinajstić information content (AvgIpc) is 3.06. The van der Waals surface area contributed by atoms with Crippen molar-refractivity contribution >= 4 is 35.1 Å². The molecule has 0 aromatic heterocycles. The third kappa shape index (κ3) is 4.22. The summed E-state index contributed by atoms with van der Waals surface area (Å²) in [5, 5.41) is 2.85. The molecule has 2 aromatic rings. The van der Waals surface area contributed by atoms with E-state index in [1.54, 1.807) is 30.3 Å². The van der Waals surface area contributed by atoms with Crippen LogP contribution in [-0.2, 0) is 6.18 Å². The van der Waals surface area contributed by atoms with E-state index in [0.29, 0.717) is 28.6 Å². The number of urea groups is 1. The molecular weight excluding hydrogens is 373 g/mol. The highest BCUT2D eigenvalue weighted by atomic mass is 35.5. The second-order valence-electron chi connectivity index (χ2n) is 5.48. The standard InChI is InChI=1S/C17H14ClF3N2OS/c18-13-4-6-14(7-5-13)22-16(24)23-8-9-25-15(23)11-2-1-3-12(10-11)17(19,20)21/h1-7,10,15H,8-9H2,(H,22,24). The molecule has 1 aliphatic heterocycles. The van der Waals surface area contributed by atoms with Gasteiger partial charge in [-0.05, 0) is 42.0 Å². The number of nitrogens with one attached hydrogen (secondary N) is 1. The first kappa shape index (κ1) is 17.9. The van der Waals surface area contributed by atoms with Gasteiger partial charge in [-0.2, -0.15) is 13.2 Å². The Morgan fingerprint density at radius 2 is 1.92 bits per heavy atom. The molecule has 1 aliphatic rings. The largest absolute Gasteiger partial charge is 0.416 e. The molecule has 25 heavy (non-hydrogen) atoms. The van der Waals surface area contributed by atoms with Crippen LogP contribution in [0, 0.1) is 0 Å². The van der Waals surface area contributed by atoms with Crippen molar-refractivity contribution in [2.24, 2.45) is 0 Å². The average molecular weight is 387 g/mol. The Labute approximate surface area is 152 Å². The van der Waals surface area contributed by atoms with Gasteiger partial charge >= 0.3 is 12.2 Å². The number of hydrogen-bond acceptors (Lipinski definition) is 2. The molecule has 0 saturated carbocycles. The molecule has 0 bridgehead atoms. The highest BCUT2D eigenvalue weighted by Gasteiger charge is 2.34. The number of carbonyl (C=O) groups excluding carboxylic acids is 1. The topological polar surface area (TPSA) is 32.3 Å². The summed E-state index contributed by atoms with van der Waals surface area (Å²) in [6, 6.07) is 11.4. The number of alkyl halides is 3. The quantitative estimate of drug-likeness (QED) is 0.724. The fourth-order valence-corrected chi connectivity index (χ4v) is 3.92. The van der Waals surface area contributed by atoms with E-state index in [9.17, 15) is 18.0 Å². The molecule has 3 nitrogen and oxygen atoms in total. The molecule has 1 N–H and O–H groups in total. The monoisotopic (exact) mass is 386 g/mol. The van der Waals surface area contributed by atoms with E-state index in [4.69, 9.17) is 11.6 Å². The highest BCUT2D eigenvalue weighted by Crippen LogP contribution is 2.40. The number of benzene rings is 2. The molecule has 132 valence electrons. The maximum atomic E-state index is 12.9. The van der Waals surface area contributed by atoms with Crippen molar-refractivity contribution in [2.45, 2.75) is 11.6 Å². The first-order chi connectivity index (χ1) is 11.8. The highest BCUT2D eigenvalue weighted by molar-refractivity contribution is 7.99. The normalized spacial score (nSPS) is 17.6. The Morgan fingerprint density at radius 1 is 1.20 bits per heavy atom. The van der Waals surface area contributed by atoms with Crippen LogP contribution in [-0.4, -0.2) is 23.2 Å². The lowest BCUT2D eigenvalue weighted by Crippen LogP contribution is -2.34. The molecule has 1 atom stereocenters. The van der Waals surface area contributed by atoms with Crippen LogP contribution >= 0.6 is 23.4 Å². The van der Waals surface area contributed by atoms with Gasteiger partial charge in [0.15, 0.2) is 0 Å². The number of rotatable bonds is 2. The van der Waals surface area contributed by atoms with E-state index in [0.717, 1.165) is 12.1 Å². The minimum Gasteiger partial charge on any atom is -0.308 e. The van der Waals surface area contributed by atoms with E-state index >= 15 is 0 Å². The Hall–Kier alpha value is -1.86. The van der Waals surface area contributed by atoms with Crippen molar-refractivity contribution in [3.8, 4) is 0 Å². The molecule has 0 radical (unpaired) electrons. The van der Waals surface area contributed by atoms with Crippen molar-refractivity contribution < 1.29 is 18.0 Å². The minimum absolute atomic E-state index is 0.352. The maximum absolute atomic E-state index is 12.9. The zero-order chi connectivity index (χ0) is 18.0. The van der Waals surface area contributed by atoms with Gasteiger partial charge in [0.2, 0.25) is 0 Å². The molecule has 0 aliphatic carbocycles. The summed E-state index contributed by atoms with van der Waals surface area (Å²) in [6.45, 7) is 0.463. The van der Waals surface area contributed by atoms with Crippen molar-refractivity contribution in [1.82, 2.24) is 4.90 Å². The molecule has 1 fully saturated rings. The molecule has 2 aromatic carbocycles. The van der Waals surface area contributed by atoms with Gasteiger partial charge in [0, 0.05) is 23.0 Å². The lowest BCUT2D eigenvalue weighted by Gasteiger charge is -2.25. The summed E-state index contributed by atoms with van der Waals surface area (Å²) in [5.74, 6) is 0.662. The van der Waals surface area contributed by atoms with Gasteiger partial charge < -0.3 is 10.2 Å². The van der Waals surface area contributed by atoms with Crippen LogP contribution in [0.15, 0.2) is 48.5 Å². The number of amides is 2. The van der Waals surface area contributed by atoms with Crippen LogP contribution < -0.4 is 5.32 Å². The molecule has 1 saturated heterocycles. The summed E-state index contributed by atoms with van der Waals surface area (Å²) in [6.07, 6.45) is -4.41. The number of halogens is 4. The maximum Gasteiger partial charge on any atom is 0.416 e. The number of thioether (sulfide) groups is 1. The van der Waals surface area contributed by atoms with E-state index in [-0.39, 0.29) is 6.03 Å². The first-order valence-corrected chi connectivity index (χ1v) is 8.89. The molecule has 1 unspecified atom stereocenters. The van der Waals surface area contributed by atoms with Gasteiger partial charge in [-0.15, -0.1) is 11.8 Å². The summed E-state index contributed by atoms with van der Waals surface area (Å²) >= 11 is 7.25. The summed E-state index contributed by atoms with van der Waals surface area (Å²) in [5.41, 5.74) is 0.327. The fourth-order valence-electron chi connectivity index (χ4n) is 2.55. The minimum atomic E-state index is -4.41. The fraction of sp³-hybridized carbons (Fsp3) is 0.235. The number of carbonyl (C=O) groups is 1. The third-order valence-electron chi connectivity index (χ3n) is 3.75. The van der Waals surface area contributed by atoms with Crippen LogP contribution in [0.5, 0.6) is 0 Å². The Morgan fingerprint density at radius 3 is 2.60 bits per heavy atom. The third-order valence-corrected chi connectivity index (χ3v) is 5.26. The van der Waals surface area contributed by atoms with Gasteiger partial charge in [0.25, 0.3) is 0 Å². The zero-order valence-corrected chi connectivity index (χ0v) is 14.5. The van der Waals surface area contributed by atoms with Gasteiger partial charge in [-0.3, -0.25) is 0 Å². The lowest BCUT2D eigenvalue weighted by atomic mass is 10.1. The molecule has 8 heteroatoms. The van der Waals surface area contributed by atoms with E-state index < -0.39 is 17.1 Å². The van der Waals surface area contributed by atoms with Crippen LogP contribution in [0.4, 0.5) is 23.7 Å².